The van der Waals surface area contributed by atoms with E-state index in [9.17, 15) is 0 Å². The van der Waals surface area contributed by atoms with Crippen LogP contribution in [0, 0.1) is 0 Å². The van der Waals surface area contributed by atoms with Gasteiger partial charge in [0.1, 0.15) is 0 Å². The molecule has 65 heavy (non-hydrogen) atoms. The Hall–Kier alpha value is -7.46. The molecule has 2 aliphatic rings. The van der Waals surface area contributed by atoms with Crippen LogP contribution in [0.25, 0.3) is 64.0 Å². The molecule has 1 aliphatic heterocycles. The van der Waals surface area contributed by atoms with Gasteiger partial charge in [0.2, 0.25) is 0 Å². The van der Waals surface area contributed by atoms with Gasteiger partial charge in [-0.05, 0) is 92.0 Å². The predicted octanol–water partition coefficient (Wildman–Crippen LogP) is 17.9. The summed E-state index contributed by atoms with van der Waals surface area (Å²) in [4.78, 5) is 5.19. The second-order valence-corrected chi connectivity index (χ2v) is 19.9. The van der Waals surface area contributed by atoms with E-state index in [2.05, 4.69) is 244 Å². The van der Waals surface area contributed by atoms with Crippen molar-refractivity contribution in [2.24, 2.45) is 0 Å². The van der Waals surface area contributed by atoms with E-state index < -0.39 is 0 Å². The molecule has 13 rings (SSSR count). The zero-order chi connectivity index (χ0) is 43.6. The van der Waals surface area contributed by atoms with E-state index in [0.29, 0.717) is 0 Å². The van der Waals surface area contributed by atoms with Crippen LogP contribution in [0.15, 0.2) is 206 Å². The summed E-state index contributed by atoms with van der Waals surface area (Å²) >= 11 is 1.89. The van der Waals surface area contributed by atoms with Crippen molar-refractivity contribution in [3.05, 3.63) is 229 Å². The zero-order valence-electron chi connectivity index (χ0n) is 36.9. The number of para-hydroxylation sites is 1. The molecule has 11 aromatic rings. The number of hydrogen-bond donors (Lipinski definition) is 0. The molecule has 0 unspecified atom stereocenters. The molecule has 0 saturated heterocycles. The summed E-state index contributed by atoms with van der Waals surface area (Å²) in [6, 6.07) is 77.2. The van der Waals surface area contributed by atoms with Gasteiger partial charge in [-0.25, -0.2) is 0 Å². The number of thiophene rings is 1. The quantitative estimate of drug-likeness (QED) is 0.170. The molecule has 0 bridgehead atoms. The van der Waals surface area contributed by atoms with Crippen LogP contribution in [0.5, 0.6) is 0 Å². The van der Waals surface area contributed by atoms with E-state index in [1.54, 1.807) is 0 Å². The Balaban J connectivity index is 1.13. The third kappa shape index (κ3) is 5.46. The van der Waals surface area contributed by atoms with E-state index in [1.165, 1.54) is 115 Å². The van der Waals surface area contributed by atoms with Crippen LogP contribution in [0.3, 0.4) is 0 Å². The average molecular weight is 851 g/mol. The van der Waals surface area contributed by atoms with Crippen LogP contribution >= 0.6 is 11.3 Å². The van der Waals surface area contributed by atoms with E-state index in [1.807, 2.05) is 11.3 Å². The lowest BCUT2D eigenvalue weighted by molar-refractivity contribution is 0.632. The molecule has 0 radical (unpaired) electrons. The summed E-state index contributed by atoms with van der Waals surface area (Å²) in [7, 11) is 0. The van der Waals surface area contributed by atoms with Crippen LogP contribution in [-0.4, -0.2) is 0 Å². The Morgan fingerprint density at radius 1 is 0.400 bits per heavy atom. The van der Waals surface area contributed by atoms with E-state index >= 15 is 0 Å². The largest absolute Gasteiger partial charge is 0.309 e. The Labute approximate surface area is 384 Å². The molecular weight excluding hydrogens is 805 g/mol. The first-order valence-corrected chi connectivity index (χ1v) is 23.6. The summed E-state index contributed by atoms with van der Waals surface area (Å²) in [5.74, 6) is 0. The Morgan fingerprint density at radius 2 is 0.985 bits per heavy atom. The number of fused-ring (bicyclic) bond motifs is 10. The first-order chi connectivity index (χ1) is 31.8. The normalized spacial score (nSPS) is 14.4. The van der Waals surface area contributed by atoms with Crippen molar-refractivity contribution in [1.82, 2.24) is 0 Å². The van der Waals surface area contributed by atoms with E-state index in [0.717, 1.165) is 5.69 Å². The maximum absolute atomic E-state index is 2.60. The van der Waals surface area contributed by atoms with Gasteiger partial charge in [0.15, 0.2) is 0 Å². The lowest BCUT2D eigenvalue weighted by atomic mass is 9.72. The van der Waals surface area contributed by atoms with Crippen molar-refractivity contribution in [3.8, 4) is 22.3 Å². The third-order valence-electron chi connectivity index (χ3n) is 14.6. The molecule has 2 nitrogen and oxygen atoms in total. The van der Waals surface area contributed by atoms with E-state index in [4.69, 9.17) is 0 Å². The van der Waals surface area contributed by atoms with Crippen LogP contribution < -0.4 is 9.80 Å². The fourth-order valence-electron chi connectivity index (χ4n) is 11.6. The van der Waals surface area contributed by atoms with Crippen molar-refractivity contribution in [1.29, 1.82) is 0 Å². The molecule has 2 heterocycles. The van der Waals surface area contributed by atoms with Gasteiger partial charge in [0.05, 0.1) is 33.1 Å². The van der Waals surface area contributed by atoms with E-state index in [-0.39, 0.29) is 10.8 Å². The zero-order valence-corrected chi connectivity index (χ0v) is 37.7. The van der Waals surface area contributed by atoms with Crippen molar-refractivity contribution >= 4 is 87.2 Å². The third-order valence-corrected chi connectivity index (χ3v) is 15.8. The number of anilines is 6. The summed E-state index contributed by atoms with van der Waals surface area (Å²) in [5.41, 5.74) is 17.0. The van der Waals surface area contributed by atoms with Crippen molar-refractivity contribution in [3.63, 3.8) is 0 Å². The minimum atomic E-state index is -0.387. The average Bonchev–Trinajstić information content (AvgIpc) is 3.84. The summed E-state index contributed by atoms with van der Waals surface area (Å²) in [6.45, 7) is 9.64. The highest BCUT2D eigenvalue weighted by Crippen LogP contribution is 2.60. The molecule has 0 amide bonds. The van der Waals surface area contributed by atoms with Gasteiger partial charge in [-0.3, -0.25) is 0 Å². The first-order valence-electron chi connectivity index (χ1n) is 22.8. The number of nitrogens with zero attached hydrogens (tertiary/aromatic N) is 2. The Bertz CT molecular complexity index is 3750. The fourth-order valence-corrected chi connectivity index (χ4v) is 12.8. The molecule has 1 aromatic heterocycles. The number of benzene rings is 10. The minimum absolute atomic E-state index is 0.158. The fraction of sp³-hybridized carbons (Fsp3) is 0.0968. The monoisotopic (exact) mass is 850 g/mol. The molecule has 0 saturated carbocycles. The van der Waals surface area contributed by atoms with Crippen molar-refractivity contribution < 1.29 is 0 Å². The lowest BCUT2D eigenvalue weighted by Crippen LogP contribution is -2.33. The van der Waals surface area contributed by atoms with Gasteiger partial charge < -0.3 is 9.80 Å². The smallest absolute Gasteiger partial charge is 0.0640 e. The second kappa shape index (κ2) is 14.0. The molecule has 1 aliphatic carbocycles. The molecule has 0 atom stereocenters. The molecular formula is C62H46N2S. The van der Waals surface area contributed by atoms with Crippen LogP contribution in [0.2, 0.25) is 0 Å². The van der Waals surface area contributed by atoms with Gasteiger partial charge in [-0.15, -0.1) is 11.3 Å². The topological polar surface area (TPSA) is 6.48 Å². The highest BCUT2D eigenvalue weighted by Gasteiger charge is 2.42. The van der Waals surface area contributed by atoms with Gasteiger partial charge in [0, 0.05) is 48.5 Å². The predicted molar refractivity (Wildman–Crippen MR) is 279 cm³/mol. The number of rotatable bonds is 5. The SMILES string of the molecule is CC1(C)c2ccccc2-c2ccc(N(c3cccc4c3C(C)(C)c3ccccc3N4c3c(-c4cccc5ccccc45)ccc4ccccc34)c3cccc4c3sc3ccccc34)cc21. The standard InChI is InChI=1S/C62H46N2S/c1-61(2)50-27-11-9-23-45(50)46-37-35-41(38-52(46)61)63(56-32-16-26-49-47-24-10-14-33-57(47)65-60(49)56)54-30-17-31-55-58(54)62(3,4)51-28-12-13-29-53(51)64(55)59-43-22-8-6-19-40(43)34-36-48(59)44-25-15-20-39-18-5-7-21-42(39)44/h5-38H,1-4H3. The van der Waals surface area contributed by atoms with Gasteiger partial charge in [-0.2, -0.15) is 0 Å². The molecule has 3 heteroatoms. The molecule has 0 spiro atoms. The molecule has 0 fully saturated rings. The highest BCUT2D eigenvalue weighted by molar-refractivity contribution is 7.26. The molecule has 10 aromatic carbocycles. The summed E-state index contributed by atoms with van der Waals surface area (Å²) in [5, 5.41) is 7.50. The van der Waals surface area contributed by atoms with Gasteiger partial charge >= 0.3 is 0 Å². The maximum Gasteiger partial charge on any atom is 0.0640 e. The van der Waals surface area contributed by atoms with Gasteiger partial charge in [0.25, 0.3) is 0 Å². The van der Waals surface area contributed by atoms with Crippen molar-refractivity contribution in [2.75, 3.05) is 9.80 Å². The molecule has 0 N–H and O–H groups in total. The molecule has 310 valence electrons. The minimum Gasteiger partial charge on any atom is -0.309 e. The maximum atomic E-state index is 2.60. The lowest BCUT2D eigenvalue weighted by Gasteiger charge is -2.45. The first kappa shape index (κ1) is 38.0. The summed E-state index contributed by atoms with van der Waals surface area (Å²) in [6.07, 6.45) is 0. The second-order valence-electron chi connectivity index (χ2n) is 18.8. The van der Waals surface area contributed by atoms with Crippen LogP contribution in [0.4, 0.5) is 34.1 Å². The van der Waals surface area contributed by atoms with Crippen LogP contribution in [0.1, 0.15) is 49.9 Å². The van der Waals surface area contributed by atoms with Crippen molar-refractivity contribution in [2.45, 2.75) is 38.5 Å². The van der Waals surface area contributed by atoms with Crippen LogP contribution in [-0.2, 0) is 10.8 Å². The Morgan fingerprint density at radius 3 is 1.85 bits per heavy atom. The van der Waals surface area contributed by atoms with Gasteiger partial charge in [-0.1, -0.05) is 191 Å². The highest BCUT2D eigenvalue weighted by atomic mass is 32.1. The number of hydrogen-bond acceptors (Lipinski definition) is 3. The summed E-state index contributed by atoms with van der Waals surface area (Å²) < 4.78 is 2.58. The Kier molecular flexibility index (Phi) is 8.20.